The van der Waals surface area contributed by atoms with Crippen molar-refractivity contribution in [1.82, 2.24) is 10.2 Å². The molecule has 0 aromatic heterocycles. The van der Waals surface area contributed by atoms with Crippen molar-refractivity contribution in [2.75, 3.05) is 25.0 Å². The van der Waals surface area contributed by atoms with Crippen LogP contribution < -0.4 is 10.6 Å². The van der Waals surface area contributed by atoms with Gasteiger partial charge in [-0.2, -0.15) is 0 Å². The second kappa shape index (κ2) is 10.5. The Balaban J connectivity index is 1.90. The van der Waals surface area contributed by atoms with E-state index in [0.717, 1.165) is 5.56 Å². The highest BCUT2D eigenvalue weighted by Crippen LogP contribution is 2.25. The molecule has 7 heteroatoms. The molecule has 2 amide bonds. The zero-order chi connectivity index (χ0) is 20.7. The van der Waals surface area contributed by atoms with Crippen LogP contribution in [0.15, 0.2) is 42.5 Å². The lowest BCUT2D eigenvalue weighted by atomic mass is 10.1. The maximum Gasteiger partial charge on any atom is 0.253 e. The lowest BCUT2D eigenvalue weighted by Gasteiger charge is -2.18. The van der Waals surface area contributed by atoms with Crippen LogP contribution in [-0.2, 0) is 4.79 Å². The number of hydrogen-bond donors (Lipinski definition) is 2. The third kappa shape index (κ3) is 5.96. The first kappa shape index (κ1) is 22.2. The summed E-state index contributed by atoms with van der Waals surface area (Å²) in [4.78, 5) is 26.3. The molecule has 2 aromatic carbocycles. The van der Waals surface area contributed by atoms with Gasteiger partial charge in [-0.3, -0.25) is 9.59 Å². The summed E-state index contributed by atoms with van der Waals surface area (Å²) in [5, 5.41) is 7.08. The van der Waals surface area contributed by atoms with Gasteiger partial charge in [-0.05, 0) is 62.7 Å². The highest BCUT2D eigenvalue weighted by atomic mass is 35.5. The van der Waals surface area contributed by atoms with Crippen molar-refractivity contribution in [2.24, 2.45) is 0 Å². The Morgan fingerprint density at radius 1 is 1.04 bits per heavy atom. The van der Waals surface area contributed by atoms with Gasteiger partial charge in [-0.1, -0.05) is 29.3 Å². The van der Waals surface area contributed by atoms with Crippen molar-refractivity contribution in [3.8, 4) is 0 Å². The van der Waals surface area contributed by atoms with Crippen molar-refractivity contribution in [2.45, 2.75) is 26.8 Å². The molecular weight excluding hydrogens is 397 g/mol. The number of nitrogens with zero attached hydrogens (tertiary/aromatic N) is 1. The summed E-state index contributed by atoms with van der Waals surface area (Å²) >= 11 is 12.1. The molecule has 2 aromatic rings. The Labute approximate surface area is 176 Å². The van der Waals surface area contributed by atoms with E-state index in [-0.39, 0.29) is 24.4 Å². The number of anilines is 1. The highest BCUT2D eigenvalue weighted by Gasteiger charge is 2.13. The summed E-state index contributed by atoms with van der Waals surface area (Å²) in [6, 6.07) is 12.1. The summed E-state index contributed by atoms with van der Waals surface area (Å²) in [7, 11) is 0. The average Bonchev–Trinajstić information content (AvgIpc) is 2.67. The van der Waals surface area contributed by atoms with E-state index in [1.807, 2.05) is 26.8 Å². The smallest absolute Gasteiger partial charge is 0.253 e. The number of amides is 2. The fourth-order valence-corrected chi connectivity index (χ4v) is 3.38. The first-order valence-electron chi connectivity index (χ1n) is 9.23. The summed E-state index contributed by atoms with van der Waals surface area (Å²) < 4.78 is 0. The monoisotopic (exact) mass is 421 g/mol. The Hall–Kier alpha value is -2.08. The highest BCUT2D eigenvalue weighted by molar-refractivity contribution is 6.35. The van der Waals surface area contributed by atoms with Crippen LogP contribution in [0.4, 0.5) is 5.69 Å². The zero-order valence-electron chi connectivity index (χ0n) is 16.3. The quantitative estimate of drug-likeness (QED) is 0.645. The maximum absolute atomic E-state index is 12.3. The molecular formula is C21H25Cl2N3O2. The summed E-state index contributed by atoms with van der Waals surface area (Å²) in [5.74, 6) is -0.196. The summed E-state index contributed by atoms with van der Waals surface area (Å²) in [5.41, 5.74) is 2.11. The fourth-order valence-electron chi connectivity index (χ4n) is 2.80. The minimum atomic E-state index is -0.181. The largest absolute Gasteiger partial charge is 0.339 e. The molecule has 0 saturated heterocycles. The molecule has 0 aliphatic rings. The van der Waals surface area contributed by atoms with Gasteiger partial charge in [0.05, 0.1) is 6.54 Å². The van der Waals surface area contributed by atoms with Crippen LogP contribution in [0.1, 0.15) is 42.7 Å². The number of carbonyl (C=O) groups is 2. The van der Waals surface area contributed by atoms with Gasteiger partial charge in [0.2, 0.25) is 5.91 Å². The van der Waals surface area contributed by atoms with E-state index in [0.29, 0.717) is 34.4 Å². The Bertz CT molecular complexity index is 821. The van der Waals surface area contributed by atoms with Crippen molar-refractivity contribution in [3.63, 3.8) is 0 Å². The Morgan fingerprint density at radius 3 is 2.25 bits per heavy atom. The number of rotatable bonds is 8. The maximum atomic E-state index is 12.3. The average molecular weight is 422 g/mol. The molecule has 0 radical (unpaired) electrons. The molecule has 0 saturated carbocycles. The zero-order valence-corrected chi connectivity index (χ0v) is 17.8. The standard InChI is InChI=1S/C21H25Cl2N3O2/c1-4-26(5-2)21(28)15-6-9-17(10-7-15)25-20(27)13-24-14(3)18-11-8-16(22)12-19(18)23/h6-12,14,24H,4-5,13H2,1-3H3,(H,25,27)/t14-/m0/s1. The van der Waals surface area contributed by atoms with Crippen LogP contribution in [-0.4, -0.2) is 36.3 Å². The fraction of sp³-hybridized carbons (Fsp3) is 0.333. The van der Waals surface area contributed by atoms with Gasteiger partial charge < -0.3 is 15.5 Å². The normalized spacial score (nSPS) is 11.8. The first-order chi connectivity index (χ1) is 13.3. The van der Waals surface area contributed by atoms with E-state index in [1.165, 1.54) is 0 Å². The Kier molecular flexibility index (Phi) is 8.30. The number of benzene rings is 2. The second-order valence-electron chi connectivity index (χ2n) is 6.37. The second-order valence-corrected chi connectivity index (χ2v) is 7.22. The van der Waals surface area contributed by atoms with Crippen molar-refractivity contribution in [3.05, 3.63) is 63.6 Å². The molecule has 0 aliphatic heterocycles. The molecule has 0 unspecified atom stereocenters. The molecule has 0 aliphatic carbocycles. The predicted octanol–water partition coefficient (Wildman–Crippen LogP) is 4.76. The van der Waals surface area contributed by atoms with Crippen LogP contribution >= 0.6 is 23.2 Å². The van der Waals surface area contributed by atoms with Crippen LogP contribution in [0.25, 0.3) is 0 Å². The predicted molar refractivity (Wildman–Crippen MR) is 115 cm³/mol. The molecule has 28 heavy (non-hydrogen) atoms. The lowest BCUT2D eigenvalue weighted by molar-refractivity contribution is -0.115. The number of carbonyl (C=O) groups excluding carboxylic acids is 2. The molecule has 0 heterocycles. The van der Waals surface area contributed by atoms with Gasteiger partial charge in [0.25, 0.3) is 5.91 Å². The topological polar surface area (TPSA) is 61.4 Å². The molecule has 0 fully saturated rings. The van der Waals surface area contributed by atoms with E-state index in [1.54, 1.807) is 41.3 Å². The van der Waals surface area contributed by atoms with Crippen LogP contribution in [0.3, 0.4) is 0 Å². The SMILES string of the molecule is CCN(CC)C(=O)c1ccc(NC(=O)CN[C@@H](C)c2ccc(Cl)cc2Cl)cc1. The molecule has 0 spiro atoms. The van der Waals surface area contributed by atoms with Crippen molar-refractivity contribution < 1.29 is 9.59 Å². The molecule has 5 nitrogen and oxygen atoms in total. The third-order valence-corrected chi connectivity index (χ3v) is 5.03. The van der Waals surface area contributed by atoms with Gasteiger partial charge in [0.15, 0.2) is 0 Å². The molecule has 2 rings (SSSR count). The van der Waals surface area contributed by atoms with Gasteiger partial charge in [-0.25, -0.2) is 0 Å². The Morgan fingerprint density at radius 2 is 1.68 bits per heavy atom. The van der Waals surface area contributed by atoms with Gasteiger partial charge in [0, 0.05) is 40.4 Å². The van der Waals surface area contributed by atoms with E-state index >= 15 is 0 Å². The van der Waals surface area contributed by atoms with Gasteiger partial charge >= 0.3 is 0 Å². The number of hydrogen-bond acceptors (Lipinski definition) is 3. The number of halogens is 2. The first-order valence-corrected chi connectivity index (χ1v) is 9.98. The molecule has 1 atom stereocenters. The minimum absolute atomic E-state index is 0.0155. The van der Waals surface area contributed by atoms with E-state index in [2.05, 4.69) is 10.6 Å². The lowest BCUT2D eigenvalue weighted by Crippen LogP contribution is -2.31. The van der Waals surface area contributed by atoms with Crippen molar-refractivity contribution >= 4 is 40.7 Å². The summed E-state index contributed by atoms with van der Waals surface area (Å²) in [6.45, 7) is 7.27. The van der Waals surface area contributed by atoms with Crippen LogP contribution in [0.2, 0.25) is 10.0 Å². The van der Waals surface area contributed by atoms with Gasteiger partial charge in [-0.15, -0.1) is 0 Å². The van der Waals surface area contributed by atoms with E-state index in [9.17, 15) is 9.59 Å². The van der Waals surface area contributed by atoms with Crippen molar-refractivity contribution in [1.29, 1.82) is 0 Å². The van der Waals surface area contributed by atoms with Crippen LogP contribution in [0.5, 0.6) is 0 Å². The molecule has 0 bridgehead atoms. The molecule has 2 N–H and O–H groups in total. The third-order valence-electron chi connectivity index (χ3n) is 4.46. The summed E-state index contributed by atoms with van der Waals surface area (Å²) in [6.07, 6.45) is 0. The van der Waals surface area contributed by atoms with Gasteiger partial charge in [0.1, 0.15) is 0 Å². The van der Waals surface area contributed by atoms with E-state index in [4.69, 9.17) is 23.2 Å². The minimum Gasteiger partial charge on any atom is -0.339 e. The molecule has 150 valence electrons. The van der Waals surface area contributed by atoms with E-state index < -0.39 is 0 Å². The number of nitrogens with one attached hydrogen (secondary N) is 2. The van der Waals surface area contributed by atoms with Crippen LogP contribution in [0, 0.1) is 0 Å².